The van der Waals surface area contributed by atoms with Crippen molar-refractivity contribution in [2.24, 2.45) is 11.8 Å². The highest BCUT2D eigenvalue weighted by Crippen LogP contribution is 2.18. The van der Waals surface area contributed by atoms with Crippen molar-refractivity contribution in [3.63, 3.8) is 0 Å². The number of nitrogens with one attached hydrogen (secondary N) is 1. The zero-order chi connectivity index (χ0) is 11.3. The summed E-state index contributed by atoms with van der Waals surface area (Å²) in [7, 11) is 0. The molecule has 0 bridgehead atoms. The Labute approximate surface area is 91.0 Å². The molecule has 0 radical (unpaired) electrons. The molecule has 88 valence electrons. The number of ether oxygens (including phenoxy) is 1. The van der Waals surface area contributed by atoms with Crippen LogP contribution in [-0.4, -0.2) is 36.9 Å². The monoisotopic (exact) mass is 215 g/mol. The molecule has 0 saturated carbocycles. The first-order valence-corrected chi connectivity index (χ1v) is 5.65. The standard InChI is InChI=1S/C11H21NO3/c1-8(11(13)14)7-12-9(2)10-3-5-15-6-4-10/h8-10,12H,3-7H2,1-2H3,(H,13,14). The van der Waals surface area contributed by atoms with E-state index in [2.05, 4.69) is 12.2 Å². The van der Waals surface area contributed by atoms with Gasteiger partial charge >= 0.3 is 5.97 Å². The lowest BCUT2D eigenvalue weighted by atomic mass is 9.92. The lowest BCUT2D eigenvalue weighted by Gasteiger charge is -2.28. The molecule has 1 aliphatic rings. The second kappa shape index (κ2) is 6.08. The largest absolute Gasteiger partial charge is 0.481 e. The second-order valence-electron chi connectivity index (χ2n) is 4.39. The minimum atomic E-state index is -0.735. The fourth-order valence-electron chi connectivity index (χ4n) is 1.83. The highest BCUT2D eigenvalue weighted by atomic mass is 16.5. The van der Waals surface area contributed by atoms with E-state index in [0.29, 0.717) is 18.5 Å². The summed E-state index contributed by atoms with van der Waals surface area (Å²) in [6.07, 6.45) is 2.16. The van der Waals surface area contributed by atoms with Crippen LogP contribution in [-0.2, 0) is 9.53 Å². The maximum atomic E-state index is 10.6. The molecule has 0 aromatic carbocycles. The van der Waals surface area contributed by atoms with Gasteiger partial charge in [-0.15, -0.1) is 0 Å². The highest BCUT2D eigenvalue weighted by molar-refractivity contribution is 5.69. The van der Waals surface area contributed by atoms with Crippen molar-refractivity contribution in [2.75, 3.05) is 19.8 Å². The number of hydrogen-bond acceptors (Lipinski definition) is 3. The van der Waals surface area contributed by atoms with Crippen LogP contribution in [0.1, 0.15) is 26.7 Å². The topological polar surface area (TPSA) is 58.6 Å². The molecule has 1 aliphatic heterocycles. The van der Waals surface area contributed by atoms with E-state index in [1.54, 1.807) is 6.92 Å². The van der Waals surface area contributed by atoms with Crippen LogP contribution < -0.4 is 5.32 Å². The average Bonchev–Trinajstić information content (AvgIpc) is 2.26. The third-order valence-corrected chi connectivity index (χ3v) is 3.14. The minimum Gasteiger partial charge on any atom is -0.481 e. The van der Waals surface area contributed by atoms with Gasteiger partial charge in [0.2, 0.25) is 0 Å². The number of carbonyl (C=O) groups is 1. The third kappa shape index (κ3) is 4.18. The van der Waals surface area contributed by atoms with Crippen molar-refractivity contribution in [1.82, 2.24) is 5.32 Å². The number of aliphatic carboxylic acids is 1. The van der Waals surface area contributed by atoms with Crippen LogP contribution in [0.5, 0.6) is 0 Å². The summed E-state index contributed by atoms with van der Waals surface area (Å²) < 4.78 is 5.29. The Bertz CT molecular complexity index is 202. The van der Waals surface area contributed by atoms with Gasteiger partial charge in [-0.2, -0.15) is 0 Å². The molecule has 1 heterocycles. The van der Waals surface area contributed by atoms with Crippen molar-refractivity contribution in [1.29, 1.82) is 0 Å². The maximum absolute atomic E-state index is 10.6. The zero-order valence-electron chi connectivity index (χ0n) is 9.53. The van der Waals surface area contributed by atoms with E-state index in [1.807, 2.05) is 0 Å². The molecule has 2 N–H and O–H groups in total. The van der Waals surface area contributed by atoms with Crippen molar-refractivity contribution >= 4 is 5.97 Å². The number of carboxylic acids is 1. The number of rotatable bonds is 5. The molecule has 1 saturated heterocycles. The second-order valence-corrected chi connectivity index (χ2v) is 4.39. The van der Waals surface area contributed by atoms with Gasteiger partial charge in [-0.25, -0.2) is 0 Å². The first-order chi connectivity index (χ1) is 7.11. The van der Waals surface area contributed by atoms with Crippen LogP contribution in [0.3, 0.4) is 0 Å². The Morgan fingerprint density at radius 3 is 2.60 bits per heavy atom. The van der Waals surface area contributed by atoms with Gasteiger partial charge in [0, 0.05) is 25.8 Å². The van der Waals surface area contributed by atoms with Crippen LogP contribution in [0.15, 0.2) is 0 Å². The lowest BCUT2D eigenvalue weighted by Crippen LogP contribution is -2.40. The van der Waals surface area contributed by atoms with E-state index >= 15 is 0 Å². The van der Waals surface area contributed by atoms with E-state index in [1.165, 1.54) is 0 Å². The van der Waals surface area contributed by atoms with Crippen molar-refractivity contribution in [3.05, 3.63) is 0 Å². The van der Waals surface area contributed by atoms with Crippen LogP contribution in [0.2, 0.25) is 0 Å². The van der Waals surface area contributed by atoms with E-state index < -0.39 is 5.97 Å². The van der Waals surface area contributed by atoms with Crippen LogP contribution in [0.4, 0.5) is 0 Å². The van der Waals surface area contributed by atoms with Crippen LogP contribution in [0.25, 0.3) is 0 Å². The molecule has 4 nitrogen and oxygen atoms in total. The van der Waals surface area contributed by atoms with Crippen molar-refractivity contribution in [2.45, 2.75) is 32.7 Å². The van der Waals surface area contributed by atoms with E-state index in [4.69, 9.17) is 9.84 Å². The Morgan fingerprint density at radius 2 is 2.07 bits per heavy atom. The molecule has 15 heavy (non-hydrogen) atoms. The highest BCUT2D eigenvalue weighted by Gasteiger charge is 2.21. The van der Waals surface area contributed by atoms with Gasteiger partial charge in [-0.3, -0.25) is 4.79 Å². The molecule has 0 aliphatic carbocycles. The summed E-state index contributed by atoms with van der Waals surface area (Å²) in [6.45, 7) is 6.08. The van der Waals surface area contributed by atoms with Crippen LogP contribution >= 0.6 is 0 Å². The molecule has 0 aromatic heterocycles. The maximum Gasteiger partial charge on any atom is 0.307 e. The SMILES string of the molecule is CC(CNC(C)C1CCOCC1)C(=O)O. The van der Waals surface area contributed by atoms with Gasteiger partial charge in [0.1, 0.15) is 0 Å². The van der Waals surface area contributed by atoms with Crippen molar-refractivity contribution in [3.8, 4) is 0 Å². The molecule has 0 spiro atoms. The van der Waals surface area contributed by atoms with Gasteiger partial charge in [-0.1, -0.05) is 6.92 Å². The smallest absolute Gasteiger partial charge is 0.307 e. The normalized spacial score (nSPS) is 22.3. The summed E-state index contributed by atoms with van der Waals surface area (Å²) in [4.78, 5) is 10.6. The molecule has 4 heteroatoms. The van der Waals surface area contributed by atoms with Crippen molar-refractivity contribution < 1.29 is 14.6 Å². The van der Waals surface area contributed by atoms with Gasteiger partial charge in [0.05, 0.1) is 5.92 Å². The van der Waals surface area contributed by atoms with Gasteiger partial charge in [0.15, 0.2) is 0 Å². The summed E-state index contributed by atoms with van der Waals surface area (Å²) in [5.41, 5.74) is 0. The molecule has 2 unspecified atom stereocenters. The summed E-state index contributed by atoms with van der Waals surface area (Å²) >= 11 is 0. The predicted molar refractivity (Wildman–Crippen MR) is 57.8 cm³/mol. The fourth-order valence-corrected chi connectivity index (χ4v) is 1.83. The minimum absolute atomic E-state index is 0.313. The number of carboxylic acid groups (broad SMARTS) is 1. The van der Waals surface area contributed by atoms with Gasteiger partial charge in [0.25, 0.3) is 0 Å². The molecule has 1 fully saturated rings. The molecular formula is C11H21NO3. The molecule has 1 rings (SSSR count). The quantitative estimate of drug-likeness (QED) is 0.721. The first kappa shape index (κ1) is 12.5. The molecule has 0 aromatic rings. The molecular weight excluding hydrogens is 194 g/mol. The van der Waals surface area contributed by atoms with E-state index in [0.717, 1.165) is 26.1 Å². The summed E-state index contributed by atoms with van der Waals surface area (Å²) in [6, 6.07) is 0.385. The molecule has 2 atom stereocenters. The van der Waals surface area contributed by atoms with E-state index in [9.17, 15) is 4.79 Å². The summed E-state index contributed by atoms with van der Waals surface area (Å²) in [5.74, 6) is -0.422. The molecule has 0 amide bonds. The summed E-state index contributed by atoms with van der Waals surface area (Å²) in [5, 5.41) is 12.0. The van der Waals surface area contributed by atoms with Gasteiger partial charge < -0.3 is 15.2 Å². The predicted octanol–water partition coefficient (Wildman–Crippen LogP) is 1.11. The average molecular weight is 215 g/mol. The Morgan fingerprint density at radius 1 is 1.47 bits per heavy atom. The third-order valence-electron chi connectivity index (χ3n) is 3.14. The van der Waals surface area contributed by atoms with Gasteiger partial charge in [-0.05, 0) is 25.7 Å². The number of hydrogen-bond donors (Lipinski definition) is 2. The Kier molecular flexibility index (Phi) is 5.05. The Balaban J connectivity index is 2.22. The van der Waals surface area contributed by atoms with Crippen LogP contribution in [0, 0.1) is 11.8 Å². The lowest BCUT2D eigenvalue weighted by molar-refractivity contribution is -0.141. The fraction of sp³-hybridized carbons (Fsp3) is 0.909. The zero-order valence-corrected chi connectivity index (χ0v) is 9.53. The first-order valence-electron chi connectivity index (χ1n) is 5.65. The Hall–Kier alpha value is -0.610. The van der Waals surface area contributed by atoms with E-state index in [-0.39, 0.29) is 5.92 Å².